The summed E-state index contributed by atoms with van der Waals surface area (Å²) in [6.07, 6.45) is 4.24. The maximum atomic E-state index is 12.2. The molecule has 1 unspecified atom stereocenters. The zero-order valence-electron chi connectivity index (χ0n) is 15.6. The molecule has 1 atom stereocenters. The molecular formula is C18H27N5O2S. The van der Waals surface area contributed by atoms with Crippen molar-refractivity contribution in [3.05, 3.63) is 29.8 Å². The van der Waals surface area contributed by atoms with Gasteiger partial charge in [-0.3, -0.25) is 4.79 Å². The lowest BCUT2D eigenvalue weighted by atomic mass is 10.1. The minimum Gasteiger partial charge on any atom is -0.385 e. The van der Waals surface area contributed by atoms with Crippen LogP contribution in [0.5, 0.6) is 0 Å². The fourth-order valence-corrected chi connectivity index (χ4v) is 3.21. The smallest absolute Gasteiger partial charge is 0.233 e. The Bertz CT molecular complexity index is 674. The number of carbonyl (C=O) groups is 1. The highest BCUT2D eigenvalue weighted by Gasteiger charge is 2.18. The van der Waals surface area contributed by atoms with Gasteiger partial charge in [0, 0.05) is 20.3 Å². The third-order valence-electron chi connectivity index (χ3n) is 3.92. The molecule has 0 saturated heterocycles. The van der Waals surface area contributed by atoms with Crippen LogP contribution < -0.4 is 5.32 Å². The minimum absolute atomic E-state index is 0.0319. The number of thioether (sulfide) groups is 1. The van der Waals surface area contributed by atoms with E-state index in [-0.39, 0.29) is 11.2 Å². The largest absolute Gasteiger partial charge is 0.385 e. The van der Waals surface area contributed by atoms with Gasteiger partial charge in [-0.05, 0) is 54.3 Å². The van der Waals surface area contributed by atoms with E-state index in [1.54, 1.807) is 11.8 Å². The molecule has 0 aliphatic carbocycles. The molecule has 7 nitrogen and oxygen atoms in total. The second-order valence-electron chi connectivity index (χ2n) is 6.04. The van der Waals surface area contributed by atoms with Crippen molar-refractivity contribution in [3.63, 3.8) is 0 Å². The summed E-state index contributed by atoms with van der Waals surface area (Å²) >= 11 is 1.35. The van der Waals surface area contributed by atoms with Gasteiger partial charge in [0.1, 0.15) is 0 Å². The van der Waals surface area contributed by atoms with Crippen molar-refractivity contribution in [2.45, 2.75) is 49.9 Å². The lowest BCUT2D eigenvalue weighted by Crippen LogP contribution is -2.32. The monoisotopic (exact) mass is 377 g/mol. The van der Waals surface area contributed by atoms with Crippen molar-refractivity contribution < 1.29 is 9.53 Å². The molecule has 0 fully saturated rings. The Morgan fingerprint density at radius 2 is 2.08 bits per heavy atom. The van der Waals surface area contributed by atoms with Gasteiger partial charge in [0.2, 0.25) is 11.1 Å². The number of aromatic nitrogens is 4. The molecule has 0 bridgehead atoms. The molecule has 142 valence electrons. The Morgan fingerprint density at radius 3 is 2.77 bits per heavy atom. The molecule has 1 aromatic heterocycles. The Kier molecular flexibility index (Phi) is 8.57. The normalized spacial score (nSPS) is 12.1. The average molecular weight is 378 g/mol. The van der Waals surface area contributed by atoms with Gasteiger partial charge in [-0.25, -0.2) is 0 Å². The molecule has 0 aliphatic rings. The summed E-state index contributed by atoms with van der Waals surface area (Å²) in [6, 6.07) is 8.24. The van der Waals surface area contributed by atoms with Gasteiger partial charge in [0.15, 0.2) is 0 Å². The Labute approximate surface area is 158 Å². The number of rotatable bonds is 11. The number of ether oxygens (including phenoxy) is 1. The van der Waals surface area contributed by atoms with Crippen LogP contribution in [0.3, 0.4) is 0 Å². The van der Waals surface area contributed by atoms with E-state index in [1.165, 1.54) is 30.2 Å². The van der Waals surface area contributed by atoms with Crippen LogP contribution in [0.15, 0.2) is 29.4 Å². The second kappa shape index (κ2) is 10.9. The molecule has 1 N–H and O–H groups in total. The topological polar surface area (TPSA) is 81.9 Å². The number of hydrogen-bond donors (Lipinski definition) is 1. The predicted molar refractivity (Wildman–Crippen MR) is 103 cm³/mol. The van der Waals surface area contributed by atoms with E-state index < -0.39 is 0 Å². The van der Waals surface area contributed by atoms with Crippen LogP contribution in [0, 0.1) is 0 Å². The average Bonchev–Trinajstić information content (AvgIpc) is 3.11. The van der Waals surface area contributed by atoms with Gasteiger partial charge in [-0.15, -0.1) is 5.10 Å². The zero-order chi connectivity index (χ0) is 18.8. The quantitative estimate of drug-likeness (QED) is 0.479. The van der Waals surface area contributed by atoms with Crippen LogP contribution in [0.2, 0.25) is 0 Å². The lowest BCUT2D eigenvalue weighted by Gasteiger charge is -2.11. The number of carbonyl (C=O) groups excluding carboxylic acids is 1. The number of nitrogens with zero attached hydrogens (tertiary/aromatic N) is 4. The second-order valence-corrected chi connectivity index (χ2v) is 7.35. The lowest BCUT2D eigenvalue weighted by molar-refractivity contribution is -0.120. The first kappa shape index (κ1) is 20.4. The Balaban J connectivity index is 1.96. The minimum atomic E-state index is -0.286. The highest BCUT2D eigenvalue weighted by Crippen LogP contribution is 2.23. The van der Waals surface area contributed by atoms with Gasteiger partial charge in [-0.1, -0.05) is 37.2 Å². The van der Waals surface area contributed by atoms with Crippen molar-refractivity contribution >= 4 is 17.7 Å². The van der Waals surface area contributed by atoms with Gasteiger partial charge >= 0.3 is 0 Å². The summed E-state index contributed by atoms with van der Waals surface area (Å²) < 4.78 is 6.65. The first-order valence-corrected chi connectivity index (χ1v) is 9.84. The van der Waals surface area contributed by atoms with E-state index in [4.69, 9.17) is 4.74 Å². The highest BCUT2D eigenvalue weighted by atomic mass is 32.2. The number of hydrogen-bond acceptors (Lipinski definition) is 6. The summed E-state index contributed by atoms with van der Waals surface area (Å²) in [5.41, 5.74) is 2.20. The van der Waals surface area contributed by atoms with Crippen molar-refractivity contribution in [3.8, 4) is 5.69 Å². The maximum Gasteiger partial charge on any atom is 0.233 e. The van der Waals surface area contributed by atoms with E-state index >= 15 is 0 Å². The van der Waals surface area contributed by atoms with Gasteiger partial charge in [0.05, 0.1) is 10.9 Å². The molecule has 26 heavy (non-hydrogen) atoms. The van der Waals surface area contributed by atoms with Gasteiger partial charge in [0.25, 0.3) is 0 Å². The number of tetrazole rings is 1. The van der Waals surface area contributed by atoms with Crippen LogP contribution >= 0.6 is 11.8 Å². The first-order valence-electron chi connectivity index (χ1n) is 8.96. The van der Waals surface area contributed by atoms with E-state index in [1.807, 2.05) is 19.1 Å². The van der Waals surface area contributed by atoms with Crippen molar-refractivity contribution in [1.29, 1.82) is 0 Å². The number of amides is 1. The van der Waals surface area contributed by atoms with Gasteiger partial charge < -0.3 is 10.1 Å². The standard InChI is InChI=1S/C18H27N5O2S/c1-4-5-7-15-8-10-16(11-9-15)23-18(20-21-22-23)26-14(2)17(24)19-12-6-13-25-3/h8-11,14H,4-7,12-13H2,1-3H3,(H,19,24). The number of benzene rings is 1. The van der Waals surface area contributed by atoms with Crippen LogP contribution in [0.1, 0.15) is 38.7 Å². The van der Waals surface area contributed by atoms with E-state index in [9.17, 15) is 4.79 Å². The molecule has 1 aromatic carbocycles. The number of nitrogens with one attached hydrogen (secondary N) is 1. The molecule has 1 heterocycles. The van der Waals surface area contributed by atoms with Crippen molar-refractivity contribution in [2.75, 3.05) is 20.3 Å². The van der Waals surface area contributed by atoms with Crippen LogP contribution in [0.4, 0.5) is 0 Å². The summed E-state index contributed by atoms with van der Waals surface area (Å²) in [7, 11) is 1.65. The molecule has 0 spiro atoms. The van der Waals surface area contributed by atoms with Gasteiger partial charge in [-0.2, -0.15) is 4.68 Å². The number of unbranched alkanes of at least 4 members (excludes halogenated alkanes) is 1. The number of aryl methyl sites for hydroxylation is 1. The number of methoxy groups -OCH3 is 1. The third-order valence-corrected chi connectivity index (χ3v) is 4.95. The van der Waals surface area contributed by atoms with E-state index in [2.05, 4.69) is 39.9 Å². The first-order chi connectivity index (χ1) is 12.7. The van der Waals surface area contributed by atoms with Crippen LogP contribution in [0.25, 0.3) is 5.69 Å². The third kappa shape index (κ3) is 6.10. The van der Waals surface area contributed by atoms with Crippen molar-refractivity contribution in [1.82, 2.24) is 25.5 Å². The molecule has 2 rings (SSSR count). The highest BCUT2D eigenvalue weighted by molar-refractivity contribution is 8.00. The Hall–Kier alpha value is -1.93. The molecule has 1 amide bonds. The molecule has 0 saturated carbocycles. The summed E-state index contributed by atoms with van der Waals surface area (Å²) in [4.78, 5) is 12.2. The molecular weight excluding hydrogens is 350 g/mol. The van der Waals surface area contributed by atoms with Crippen LogP contribution in [-0.4, -0.2) is 51.6 Å². The Morgan fingerprint density at radius 1 is 1.31 bits per heavy atom. The summed E-state index contributed by atoms with van der Waals surface area (Å²) in [5.74, 6) is -0.0319. The maximum absolute atomic E-state index is 12.2. The molecule has 8 heteroatoms. The molecule has 2 aromatic rings. The summed E-state index contributed by atoms with van der Waals surface area (Å²) in [6.45, 7) is 5.27. The van der Waals surface area contributed by atoms with Crippen molar-refractivity contribution in [2.24, 2.45) is 0 Å². The molecule has 0 radical (unpaired) electrons. The van der Waals surface area contributed by atoms with E-state index in [0.29, 0.717) is 18.3 Å². The van der Waals surface area contributed by atoms with E-state index in [0.717, 1.165) is 18.5 Å². The SMILES string of the molecule is CCCCc1ccc(-n2nnnc2SC(C)C(=O)NCCCOC)cc1. The van der Waals surface area contributed by atoms with Crippen LogP contribution in [-0.2, 0) is 16.0 Å². The fourth-order valence-electron chi connectivity index (χ4n) is 2.38. The molecule has 0 aliphatic heterocycles. The zero-order valence-corrected chi connectivity index (χ0v) is 16.5. The summed E-state index contributed by atoms with van der Waals surface area (Å²) in [5, 5.41) is 15.1. The predicted octanol–water partition coefficient (Wildman–Crippen LogP) is 2.64. The fraction of sp³-hybridized carbons (Fsp3) is 0.556.